The van der Waals surface area contributed by atoms with Gasteiger partial charge in [-0.15, -0.1) is 24.8 Å². The van der Waals surface area contributed by atoms with E-state index in [1.807, 2.05) is 12.1 Å². The first-order valence-corrected chi connectivity index (χ1v) is 8.63. The Morgan fingerprint density at radius 1 is 1.36 bits per heavy atom. The van der Waals surface area contributed by atoms with Gasteiger partial charge in [0.25, 0.3) is 0 Å². The number of carbonyl (C=O) groups excluding carboxylic acids is 1. The minimum atomic E-state index is 0. The molecular weight excluding hydrogens is 361 g/mol. The van der Waals surface area contributed by atoms with Crippen molar-refractivity contribution in [2.24, 2.45) is 11.8 Å². The van der Waals surface area contributed by atoms with E-state index in [1.54, 1.807) is 7.11 Å². The summed E-state index contributed by atoms with van der Waals surface area (Å²) in [7, 11) is 1.70. The quantitative estimate of drug-likeness (QED) is 0.811. The Hall–Kier alpha value is -1.17. The van der Waals surface area contributed by atoms with Gasteiger partial charge >= 0.3 is 0 Å². The van der Waals surface area contributed by atoms with E-state index in [2.05, 4.69) is 27.7 Å². The Morgan fingerprint density at radius 2 is 2.20 bits per heavy atom. The van der Waals surface area contributed by atoms with Crippen LogP contribution in [0.25, 0.3) is 0 Å². The van der Waals surface area contributed by atoms with Gasteiger partial charge in [-0.05, 0) is 43.9 Å². The van der Waals surface area contributed by atoms with Gasteiger partial charge in [0.2, 0.25) is 5.91 Å². The van der Waals surface area contributed by atoms with Gasteiger partial charge in [0.1, 0.15) is 5.75 Å². The molecule has 0 aromatic heterocycles. The zero-order valence-corrected chi connectivity index (χ0v) is 16.3. The molecular formula is C18H29Cl2N3O2. The lowest BCUT2D eigenvalue weighted by Crippen LogP contribution is -2.42. The normalized spacial score (nSPS) is 22.5. The van der Waals surface area contributed by atoms with Crippen molar-refractivity contribution in [3.63, 3.8) is 0 Å². The number of nitrogens with zero attached hydrogens (tertiary/aromatic N) is 1. The number of piperidine rings is 1. The highest BCUT2D eigenvalue weighted by molar-refractivity contribution is 5.85. The molecule has 2 aliphatic heterocycles. The fourth-order valence-corrected chi connectivity index (χ4v) is 3.51. The fourth-order valence-electron chi connectivity index (χ4n) is 3.51. The molecule has 2 saturated heterocycles. The van der Waals surface area contributed by atoms with Crippen molar-refractivity contribution >= 4 is 36.4 Å². The second-order valence-electron chi connectivity index (χ2n) is 6.59. The molecule has 1 aromatic rings. The molecule has 0 bridgehead atoms. The van der Waals surface area contributed by atoms with Crippen LogP contribution in [-0.2, 0) is 4.79 Å². The number of anilines is 1. The van der Waals surface area contributed by atoms with Crippen molar-refractivity contribution in [3.8, 4) is 5.75 Å². The summed E-state index contributed by atoms with van der Waals surface area (Å²) in [6, 6.07) is 8.20. The average molecular weight is 390 g/mol. The minimum absolute atomic E-state index is 0. The predicted molar refractivity (Wildman–Crippen MR) is 106 cm³/mol. The molecule has 25 heavy (non-hydrogen) atoms. The first-order valence-electron chi connectivity index (χ1n) is 8.63. The van der Waals surface area contributed by atoms with E-state index in [9.17, 15) is 4.79 Å². The second-order valence-corrected chi connectivity index (χ2v) is 6.59. The number of hydrogen-bond donors (Lipinski definition) is 2. The minimum Gasteiger partial charge on any atom is -0.497 e. The van der Waals surface area contributed by atoms with Gasteiger partial charge < -0.3 is 20.3 Å². The van der Waals surface area contributed by atoms with Gasteiger partial charge in [-0.25, -0.2) is 0 Å². The van der Waals surface area contributed by atoms with Gasteiger partial charge in [0.05, 0.1) is 13.0 Å². The van der Waals surface area contributed by atoms with Gasteiger partial charge in [0, 0.05) is 37.9 Å². The van der Waals surface area contributed by atoms with Crippen LogP contribution in [0, 0.1) is 11.8 Å². The summed E-state index contributed by atoms with van der Waals surface area (Å²) in [5.74, 6) is 1.79. The Bertz CT molecular complexity index is 539. The standard InChI is InChI=1S/C18H27N3O2.2ClH/c1-23-17-6-2-5-16(10-17)21-9-7-14(13-21)11-20-18(22)15-4-3-8-19-12-15;;/h2,5-6,10,14-15,19H,3-4,7-9,11-13H2,1H3,(H,20,22);2*1H. The maximum atomic E-state index is 12.2. The molecule has 2 heterocycles. The van der Waals surface area contributed by atoms with Gasteiger partial charge in [-0.1, -0.05) is 6.07 Å². The van der Waals surface area contributed by atoms with Crippen LogP contribution < -0.4 is 20.3 Å². The molecule has 0 radical (unpaired) electrons. The third kappa shape index (κ3) is 5.94. The molecule has 2 N–H and O–H groups in total. The fraction of sp³-hybridized carbons (Fsp3) is 0.611. The average Bonchev–Trinajstić information content (AvgIpc) is 3.09. The van der Waals surface area contributed by atoms with E-state index in [0.717, 1.165) is 57.7 Å². The number of carbonyl (C=O) groups is 1. The number of amides is 1. The number of hydrogen-bond acceptors (Lipinski definition) is 4. The number of ether oxygens (including phenoxy) is 1. The molecule has 0 spiro atoms. The highest BCUT2D eigenvalue weighted by atomic mass is 35.5. The topological polar surface area (TPSA) is 53.6 Å². The van der Waals surface area contributed by atoms with Crippen LogP contribution in [0.1, 0.15) is 19.3 Å². The summed E-state index contributed by atoms with van der Waals surface area (Å²) >= 11 is 0. The molecule has 142 valence electrons. The van der Waals surface area contributed by atoms with Crippen molar-refractivity contribution in [2.45, 2.75) is 19.3 Å². The lowest BCUT2D eigenvalue weighted by Gasteiger charge is -2.23. The predicted octanol–water partition coefficient (Wildman–Crippen LogP) is 2.48. The van der Waals surface area contributed by atoms with Gasteiger partial charge in [-0.3, -0.25) is 4.79 Å². The zero-order chi connectivity index (χ0) is 16.1. The third-order valence-electron chi connectivity index (χ3n) is 4.94. The second kappa shape index (κ2) is 10.7. The Kier molecular flexibility index (Phi) is 9.39. The van der Waals surface area contributed by atoms with E-state index in [-0.39, 0.29) is 36.6 Å². The van der Waals surface area contributed by atoms with Gasteiger partial charge in [0.15, 0.2) is 0 Å². The lowest BCUT2D eigenvalue weighted by molar-refractivity contribution is -0.125. The molecule has 7 heteroatoms. The lowest BCUT2D eigenvalue weighted by atomic mass is 9.98. The highest BCUT2D eigenvalue weighted by Gasteiger charge is 2.25. The number of rotatable bonds is 5. The van der Waals surface area contributed by atoms with E-state index >= 15 is 0 Å². The number of halogens is 2. The summed E-state index contributed by atoms with van der Waals surface area (Å²) in [6.45, 7) is 4.69. The molecule has 3 rings (SSSR count). The number of methoxy groups -OCH3 is 1. The maximum absolute atomic E-state index is 12.2. The monoisotopic (exact) mass is 389 g/mol. The zero-order valence-electron chi connectivity index (χ0n) is 14.7. The Morgan fingerprint density at radius 3 is 2.92 bits per heavy atom. The third-order valence-corrected chi connectivity index (χ3v) is 4.94. The van der Waals surface area contributed by atoms with Crippen LogP contribution >= 0.6 is 24.8 Å². The van der Waals surface area contributed by atoms with Crippen molar-refractivity contribution in [3.05, 3.63) is 24.3 Å². The summed E-state index contributed by atoms with van der Waals surface area (Å²) in [5, 5.41) is 6.46. The largest absolute Gasteiger partial charge is 0.497 e. The van der Waals surface area contributed by atoms with Crippen molar-refractivity contribution in [1.29, 1.82) is 0 Å². The molecule has 2 unspecified atom stereocenters. The summed E-state index contributed by atoms with van der Waals surface area (Å²) in [4.78, 5) is 14.6. The molecule has 0 saturated carbocycles. The van der Waals surface area contributed by atoms with Crippen molar-refractivity contribution < 1.29 is 9.53 Å². The van der Waals surface area contributed by atoms with Crippen LogP contribution in [-0.4, -0.2) is 45.7 Å². The Balaban J connectivity index is 0.00000156. The van der Waals surface area contributed by atoms with Gasteiger partial charge in [-0.2, -0.15) is 0 Å². The molecule has 2 fully saturated rings. The molecule has 1 aromatic carbocycles. The van der Waals surface area contributed by atoms with E-state index in [1.165, 1.54) is 5.69 Å². The maximum Gasteiger partial charge on any atom is 0.224 e. The smallest absolute Gasteiger partial charge is 0.224 e. The summed E-state index contributed by atoms with van der Waals surface area (Å²) < 4.78 is 5.30. The summed E-state index contributed by atoms with van der Waals surface area (Å²) in [6.07, 6.45) is 3.24. The van der Waals surface area contributed by atoms with E-state index < -0.39 is 0 Å². The van der Waals surface area contributed by atoms with Crippen LogP contribution in [0.4, 0.5) is 5.69 Å². The van der Waals surface area contributed by atoms with Crippen LogP contribution in [0.2, 0.25) is 0 Å². The first kappa shape index (κ1) is 21.9. The number of nitrogens with one attached hydrogen (secondary N) is 2. The SMILES string of the molecule is COc1cccc(N2CCC(CNC(=O)C3CCCNC3)C2)c1.Cl.Cl. The van der Waals surface area contributed by atoms with Crippen LogP contribution in [0.3, 0.4) is 0 Å². The highest BCUT2D eigenvalue weighted by Crippen LogP contribution is 2.26. The first-order chi connectivity index (χ1) is 11.3. The molecule has 1 amide bonds. The molecule has 2 aliphatic rings. The molecule has 2 atom stereocenters. The van der Waals surface area contributed by atoms with Crippen LogP contribution in [0.15, 0.2) is 24.3 Å². The van der Waals surface area contributed by atoms with E-state index in [0.29, 0.717) is 5.92 Å². The molecule has 0 aliphatic carbocycles. The van der Waals surface area contributed by atoms with E-state index in [4.69, 9.17) is 4.74 Å². The molecule has 5 nitrogen and oxygen atoms in total. The van der Waals surface area contributed by atoms with Crippen molar-refractivity contribution in [2.75, 3.05) is 44.7 Å². The summed E-state index contributed by atoms with van der Waals surface area (Å²) in [5.41, 5.74) is 1.20. The van der Waals surface area contributed by atoms with Crippen molar-refractivity contribution in [1.82, 2.24) is 10.6 Å². The Labute approximate surface area is 162 Å². The van der Waals surface area contributed by atoms with Crippen LogP contribution in [0.5, 0.6) is 5.75 Å². The number of benzene rings is 1.